The molecule has 0 saturated heterocycles. The highest BCUT2D eigenvalue weighted by Crippen LogP contribution is 2.36. The van der Waals surface area contributed by atoms with Crippen LogP contribution in [0.1, 0.15) is 24.5 Å². The predicted octanol–water partition coefficient (Wildman–Crippen LogP) is 4.48. The van der Waals surface area contributed by atoms with Crippen molar-refractivity contribution in [3.8, 4) is 17.6 Å². The summed E-state index contributed by atoms with van der Waals surface area (Å²) in [4.78, 5) is 19.5. The number of aromatic nitrogens is 1. The fourth-order valence-corrected chi connectivity index (χ4v) is 5.01. The van der Waals surface area contributed by atoms with Crippen LogP contribution in [0.2, 0.25) is 0 Å². The van der Waals surface area contributed by atoms with E-state index in [-0.39, 0.29) is 23.5 Å². The van der Waals surface area contributed by atoms with Crippen LogP contribution in [0, 0.1) is 17.1 Å². The third-order valence-corrected chi connectivity index (χ3v) is 6.71. The van der Waals surface area contributed by atoms with Gasteiger partial charge >= 0.3 is 0 Å². The number of carbonyl (C=O) groups excluding carboxylic acids is 1. The highest BCUT2D eigenvalue weighted by molar-refractivity contribution is 8.00. The number of ether oxygens (including phenoxy) is 2. The van der Waals surface area contributed by atoms with E-state index in [0.29, 0.717) is 40.8 Å². The molecule has 3 aromatic rings. The minimum atomic E-state index is -0.296. The van der Waals surface area contributed by atoms with Crippen LogP contribution < -0.4 is 14.4 Å². The summed E-state index contributed by atoms with van der Waals surface area (Å²) in [6.07, 6.45) is 1.52. The van der Waals surface area contributed by atoms with Crippen LogP contribution in [0.15, 0.2) is 41.4 Å². The monoisotopic (exact) mass is 449 g/mol. The first-order valence-corrected chi connectivity index (χ1v) is 11.4. The summed E-state index contributed by atoms with van der Waals surface area (Å²) in [6.45, 7) is 2.96. The quantitative estimate of drug-likeness (QED) is 0.549. The molecule has 0 bridgehead atoms. The van der Waals surface area contributed by atoms with Crippen molar-refractivity contribution in [3.63, 3.8) is 0 Å². The van der Waals surface area contributed by atoms with Crippen LogP contribution in [0.5, 0.6) is 11.5 Å². The number of carbonyl (C=O) groups is 1. The van der Waals surface area contributed by atoms with Crippen molar-refractivity contribution >= 4 is 34.3 Å². The molecule has 1 unspecified atom stereocenters. The van der Waals surface area contributed by atoms with Gasteiger partial charge in [0.2, 0.25) is 5.91 Å². The van der Waals surface area contributed by atoms with E-state index in [1.54, 1.807) is 23.1 Å². The number of anilines is 1. The lowest BCUT2D eigenvalue weighted by molar-refractivity contribution is -0.116. The van der Waals surface area contributed by atoms with Gasteiger partial charge in [0.25, 0.3) is 0 Å². The van der Waals surface area contributed by atoms with E-state index in [9.17, 15) is 14.4 Å². The maximum Gasteiger partial charge on any atom is 0.237 e. The molecule has 0 radical (unpaired) electrons. The summed E-state index contributed by atoms with van der Waals surface area (Å²) in [6, 6.07) is 12.1. The van der Waals surface area contributed by atoms with E-state index in [0.717, 1.165) is 29.5 Å². The maximum atomic E-state index is 13.6. The fraction of sp³-hybridized carbons (Fsp3) is 0.292. The number of aryl methyl sites for hydroxylation is 1. The van der Waals surface area contributed by atoms with Crippen molar-refractivity contribution in [1.82, 2.24) is 4.98 Å². The van der Waals surface area contributed by atoms with Gasteiger partial charge in [-0.2, -0.15) is 5.26 Å². The van der Waals surface area contributed by atoms with Crippen LogP contribution in [0.3, 0.4) is 0 Å². The highest BCUT2D eigenvalue weighted by atomic mass is 32.2. The van der Waals surface area contributed by atoms with Crippen LogP contribution in [0.4, 0.5) is 10.1 Å². The normalized spacial score (nSPS) is 17.0. The largest absolute Gasteiger partial charge is 0.486 e. The second-order valence-corrected chi connectivity index (χ2v) is 8.82. The van der Waals surface area contributed by atoms with Crippen molar-refractivity contribution in [3.05, 3.63) is 53.3 Å². The van der Waals surface area contributed by atoms with Crippen LogP contribution in [0.25, 0.3) is 10.9 Å². The van der Waals surface area contributed by atoms with Gasteiger partial charge in [0, 0.05) is 23.2 Å². The first-order valence-electron chi connectivity index (χ1n) is 10.4. The zero-order valence-electron chi connectivity index (χ0n) is 17.4. The number of hydrogen-bond acceptors (Lipinski definition) is 6. The molecule has 0 fully saturated rings. The van der Waals surface area contributed by atoms with Crippen molar-refractivity contribution in [1.29, 1.82) is 5.26 Å². The lowest BCUT2D eigenvalue weighted by Gasteiger charge is -2.35. The maximum absolute atomic E-state index is 13.6. The number of nitrogens with zero attached hydrogens (tertiary/aromatic N) is 3. The van der Waals surface area contributed by atoms with Crippen molar-refractivity contribution in [2.24, 2.45) is 0 Å². The number of benzene rings is 2. The Kier molecular flexibility index (Phi) is 5.35. The van der Waals surface area contributed by atoms with E-state index in [2.05, 4.69) is 11.1 Å². The molecule has 0 spiro atoms. The van der Waals surface area contributed by atoms with Gasteiger partial charge in [0.15, 0.2) is 11.5 Å². The van der Waals surface area contributed by atoms with Gasteiger partial charge in [0.05, 0.1) is 16.8 Å². The van der Waals surface area contributed by atoms with Crippen molar-refractivity contribution < 1.29 is 18.7 Å². The Morgan fingerprint density at radius 2 is 2.03 bits per heavy atom. The average Bonchev–Trinajstić information content (AvgIpc) is 2.80. The summed E-state index contributed by atoms with van der Waals surface area (Å²) in [5.74, 6) is 0.996. The minimum absolute atomic E-state index is 0.0183. The number of nitriles is 1. The van der Waals surface area contributed by atoms with Gasteiger partial charge in [0.1, 0.15) is 30.1 Å². The summed E-state index contributed by atoms with van der Waals surface area (Å²) in [5, 5.41) is 10.9. The van der Waals surface area contributed by atoms with Gasteiger partial charge in [-0.25, -0.2) is 9.37 Å². The molecule has 1 aromatic heterocycles. The molecule has 2 aliphatic heterocycles. The number of halogens is 1. The Hall–Kier alpha value is -3.31. The molecule has 0 saturated carbocycles. The third-order valence-electron chi connectivity index (χ3n) is 5.74. The molecule has 1 amide bonds. The summed E-state index contributed by atoms with van der Waals surface area (Å²) < 4.78 is 24.9. The van der Waals surface area contributed by atoms with Crippen molar-refractivity contribution in [2.45, 2.75) is 30.8 Å². The zero-order chi connectivity index (χ0) is 22.2. The first-order chi connectivity index (χ1) is 15.5. The second kappa shape index (κ2) is 8.32. The summed E-state index contributed by atoms with van der Waals surface area (Å²) >= 11 is 1.23. The standard InChI is InChI=1S/C24H20FN3O3S/c1-14-2-3-15-9-18(25)4-5-20(15)28(14)23(29)13-32-24-17(12-26)8-16-10-21-22(11-19(16)27-24)31-7-6-30-21/h4-5,8-11,14H,2-3,6-7,13H2,1H3. The van der Waals surface area contributed by atoms with Gasteiger partial charge in [-0.3, -0.25) is 4.79 Å². The molecular formula is C24H20FN3O3S. The second-order valence-electron chi connectivity index (χ2n) is 7.85. The van der Waals surface area contributed by atoms with Crippen LogP contribution in [-0.4, -0.2) is 35.9 Å². The summed E-state index contributed by atoms with van der Waals surface area (Å²) in [7, 11) is 0. The van der Waals surface area contributed by atoms with Gasteiger partial charge in [-0.05, 0) is 55.7 Å². The summed E-state index contributed by atoms with van der Waals surface area (Å²) in [5.41, 5.74) is 2.68. The number of thioether (sulfide) groups is 1. The number of hydrogen-bond donors (Lipinski definition) is 0. The van der Waals surface area contributed by atoms with Crippen molar-refractivity contribution in [2.75, 3.05) is 23.9 Å². The molecule has 2 aliphatic rings. The predicted molar refractivity (Wildman–Crippen MR) is 120 cm³/mol. The Labute approximate surface area is 188 Å². The molecule has 2 aromatic carbocycles. The van der Waals surface area contributed by atoms with Gasteiger partial charge in [-0.1, -0.05) is 11.8 Å². The number of amides is 1. The average molecular weight is 450 g/mol. The van der Waals surface area contributed by atoms with Gasteiger partial charge < -0.3 is 14.4 Å². The number of fused-ring (bicyclic) bond motifs is 3. The fourth-order valence-electron chi connectivity index (χ4n) is 4.18. The first kappa shape index (κ1) is 20.6. The number of rotatable bonds is 3. The molecule has 3 heterocycles. The van der Waals surface area contributed by atoms with E-state index in [1.807, 2.05) is 13.0 Å². The lowest BCUT2D eigenvalue weighted by atomic mass is 9.96. The van der Waals surface area contributed by atoms with E-state index in [4.69, 9.17) is 9.47 Å². The molecule has 162 valence electrons. The number of pyridine rings is 1. The lowest BCUT2D eigenvalue weighted by Crippen LogP contribution is -2.43. The van der Waals surface area contributed by atoms with E-state index >= 15 is 0 Å². The molecule has 0 N–H and O–H groups in total. The van der Waals surface area contributed by atoms with Gasteiger partial charge in [-0.15, -0.1) is 0 Å². The molecule has 5 rings (SSSR count). The molecule has 6 nitrogen and oxygen atoms in total. The molecule has 32 heavy (non-hydrogen) atoms. The minimum Gasteiger partial charge on any atom is -0.486 e. The van der Waals surface area contributed by atoms with E-state index < -0.39 is 0 Å². The van der Waals surface area contributed by atoms with Crippen LogP contribution in [-0.2, 0) is 11.2 Å². The Balaban J connectivity index is 1.41. The van der Waals surface area contributed by atoms with Crippen LogP contribution >= 0.6 is 11.8 Å². The molecule has 1 atom stereocenters. The van der Waals surface area contributed by atoms with E-state index in [1.165, 1.54) is 23.9 Å². The zero-order valence-corrected chi connectivity index (χ0v) is 18.2. The highest BCUT2D eigenvalue weighted by Gasteiger charge is 2.28. The molecular weight excluding hydrogens is 429 g/mol. The SMILES string of the molecule is CC1CCc2cc(F)ccc2N1C(=O)CSc1nc2cc3c(cc2cc1C#N)OCCO3. The Morgan fingerprint density at radius 3 is 2.81 bits per heavy atom. The Bertz CT molecular complexity index is 1270. The molecule has 8 heteroatoms. The smallest absolute Gasteiger partial charge is 0.237 e. The Morgan fingerprint density at radius 1 is 1.25 bits per heavy atom. The topological polar surface area (TPSA) is 75.5 Å². The molecule has 0 aliphatic carbocycles. The third kappa shape index (κ3) is 3.73.